The Morgan fingerprint density at radius 3 is 2.66 bits per heavy atom. The van der Waals surface area contributed by atoms with Crippen LogP contribution >= 0.6 is 11.6 Å². The summed E-state index contributed by atoms with van der Waals surface area (Å²) in [5.41, 5.74) is 2.91. The number of nitrogens with one attached hydrogen (secondary N) is 2. The molecule has 2 aliphatic heterocycles. The summed E-state index contributed by atoms with van der Waals surface area (Å²) >= 11 is 6.61. The Labute approximate surface area is 264 Å². The summed E-state index contributed by atoms with van der Waals surface area (Å²) in [6, 6.07) is 14.9. The minimum Gasteiger partial charge on any atom is -0.484 e. The molecule has 3 heterocycles. The Bertz CT molecular complexity index is 1570. The molecule has 2 aliphatic rings. The monoisotopic (exact) mass is 638 g/mol. The van der Waals surface area contributed by atoms with Gasteiger partial charge < -0.3 is 19.5 Å². The number of fused-ring (bicyclic) bond motifs is 1. The van der Waals surface area contributed by atoms with Gasteiger partial charge in [0.15, 0.2) is 0 Å². The van der Waals surface area contributed by atoms with Crippen molar-refractivity contribution in [3.8, 4) is 16.9 Å². The molecule has 44 heavy (non-hydrogen) atoms. The molecule has 0 spiro atoms. The molecule has 0 aliphatic carbocycles. The maximum Gasteiger partial charge on any atom is 0.413 e. The number of hydrogen-bond acceptors (Lipinski definition) is 7. The first kappa shape index (κ1) is 31.6. The molecule has 0 radical (unpaired) electrons. The van der Waals surface area contributed by atoms with Crippen molar-refractivity contribution in [3.63, 3.8) is 0 Å². The molecule has 232 valence electrons. The number of benzene rings is 2. The number of pyridine rings is 1. The van der Waals surface area contributed by atoms with Crippen molar-refractivity contribution < 1.29 is 28.0 Å². The SMILES string of the molecule is CC(C)(C)OC(=O)Nc1ccc(CNC(=O)/C=C/C2Cc3cc(-c4cccc(S(=O)N5CCOCC5)c4)cc(Cl)c3O2)cn1. The number of hydrogen-bond donors (Lipinski definition) is 2. The number of nitrogens with zero attached hydrogens (tertiary/aromatic N) is 2. The second kappa shape index (κ2) is 13.9. The number of halogens is 1. The molecule has 2 unspecified atom stereocenters. The summed E-state index contributed by atoms with van der Waals surface area (Å²) in [5, 5.41) is 5.88. The Morgan fingerprint density at radius 1 is 1.14 bits per heavy atom. The van der Waals surface area contributed by atoms with Crippen molar-refractivity contribution in [3.05, 3.63) is 83.0 Å². The number of anilines is 1. The Kier molecular flexibility index (Phi) is 10.00. The fourth-order valence-corrected chi connectivity index (χ4v) is 6.20. The van der Waals surface area contributed by atoms with Gasteiger partial charge in [0.25, 0.3) is 0 Å². The third kappa shape index (κ3) is 8.44. The number of morpholine rings is 1. The molecule has 10 nitrogen and oxygen atoms in total. The largest absolute Gasteiger partial charge is 0.484 e. The van der Waals surface area contributed by atoms with Crippen molar-refractivity contribution in [2.24, 2.45) is 0 Å². The van der Waals surface area contributed by atoms with Crippen molar-refractivity contribution in [1.29, 1.82) is 0 Å². The molecular weight excluding hydrogens is 604 g/mol. The number of ether oxygens (including phenoxy) is 3. The predicted octanol–water partition coefficient (Wildman–Crippen LogP) is 5.28. The van der Waals surface area contributed by atoms with E-state index < -0.39 is 22.7 Å². The van der Waals surface area contributed by atoms with Gasteiger partial charge in [-0.3, -0.25) is 10.1 Å². The van der Waals surface area contributed by atoms with Crippen LogP contribution in [0.25, 0.3) is 11.1 Å². The van der Waals surface area contributed by atoms with Gasteiger partial charge in [-0.15, -0.1) is 0 Å². The van der Waals surface area contributed by atoms with Crippen molar-refractivity contribution in [1.82, 2.24) is 14.6 Å². The van der Waals surface area contributed by atoms with Gasteiger partial charge in [-0.1, -0.05) is 29.8 Å². The van der Waals surface area contributed by atoms with Crippen LogP contribution in [0.1, 0.15) is 31.9 Å². The van der Waals surface area contributed by atoms with Crippen LogP contribution in [0, 0.1) is 0 Å². The zero-order valence-corrected chi connectivity index (χ0v) is 26.4. The highest BCUT2D eigenvalue weighted by Gasteiger charge is 2.25. The first-order chi connectivity index (χ1) is 21.0. The lowest BCUT2D eigenvalue weighted by Crippen LogP contribution is -2.37. The number of carbonyl (C=O) groups excluding carboxylic acids is 2. The van der Waals surface area contributed by atoms with Gasteiger partial charge in [-0.25, -0.2) is 18.3 Å². The molecular formula is C32H35ClN4O6S. The third-order valence-electron chi connectivity index (χ3n) is 6.77. The van der Waals surface area contributed by atoms with E-state index in [0.717, 1.165) is 27.1 Å². The van der Waals surface area contributed by atoms with E-state index in [1.54, 1.807) is 45.2 Å². The molecule has 5 rings (SSSR count). The average Bonchev–Trinajstić information content (AvgIpc) is 3.43. The van der Waals surface area contributed by atoms with E-state index in [0.29, 0.717) is 49.3 Å². The second-order valence-corrected chi connectivity index (χ2v) is 13.3. The van der Waals surface area contributed by atoms with Gasteiger partial charge in [-0.05, 0) is 73.9 Å². The third-order valence-corrected chi connectivity index (χ3v) is 8.54. The maximum absolute atomic E-state index is 13.1. The Morgan fingerprint density at radius 2 is 1.93 bits per heavy atom. The normalized spacial score (nSPS) is 17.5. The Hall–Kier alpha value is -3.77. The van der Waals surface area contributed by atoms with Gasteiger partial charge in [0.1, 0.15) is 34.3 Å². The van der Waals surface area contributed by atoms with E-state index in [1.165, 1.54) is 6.08 Å². The molecule has 12 heteroatoms. The van der Waals surface area contributed by atoms with Crippen LogP contribution in [0.2, 0.25) is 5.02 Å². The molecule has 2 aromatic carbocycles. The number of carbonyl (C=O) groups is 2. The van der Waals surface area contributed by atoms with Crippen LogP contribution in [0.4, 0.5) is 10.6 Å². The van der Waals surface area contributed by atoms with Gasteiger partial charge in [0, 0.05) is 43.9 Å². The van der Waals surface area contributed by atoms with E-state index in [1.807, 2.05) is 40.7 Å². The number of aromatic nitrogens is 1. The van der Waals surface area contributed by atoms with Crippen LogP contribution in [0.15, 0.2) is 71.8 Å². The van der Waals surface area contributed by atoms with Gasteiger partial charge in [0.2, 0.25) is 5.91 Å². The summed E-state index contributed by atoms with van der Waals surface area (Å²) in [5.74, 6) is 0.673. The van der Waals surface area contributed by atoms with Crippen molar-refractivity contribution >= 4 is 40.4 Å². The molecule has 1 saturated heterocycles. The highest BCUT2D eigenvalue weighted by atomic mass is 35.5. The molecule has 2 atom stereocenters. The lowest BCUT2D eigenvalue weighted by Gasteiger charge is -2.25. The van der Waals surface area contributed by atoms with Gasteiger partial charge in [-0.2, -0.15) is 0 Å². The fraction of sp³-hybridized carbons (Fsp3) is 0.344. The zero-order chi connectivity index (χ0) is 31.3. The van der Waals surface area contributed by atoms with Crippen LogP contribution in [0.3, 0.4) is 0 Å². The lowest BCUT2D eigenvalue weighted by atomic mass is 10.0. The van der Waals surface area contributed by atoms with Crippen LogP contribution in [0.5, 0.6) is 5.75 Å². The standard InChI is InChI=1S/C32H35ClN4O6S/c1-32(2,3)43-31(39)36-28-9-7-21(19-34-28)20-35-29(38)10-8-25-16-24-15-23(18-27(33)30(24)42-25)22-5-4-6-26(17-22)44(40)37-11-13-41-14-12-37/h4-10,15,17-19,25H,11-14,16,20H2,1-3H3,(H,35,38)(H,34,36,39)/b10-8+. The number of amides is 2. The summed E-state index contributed by atoms with van der Waals surface area (Å²) in [4.78, 5) is 29.3. The second-order valence-electron chi connectivity index (χ2n) is 11.4. The molecule has 2 N–H and O–H groups in total. The predicted molar refractivity (Wildman–Crippen MR) is 169 cm³/mol. The molecule has 1 aromatic heterocycles. The van der Waals surface area contributed by atoms with E-state index in [9.17, 15) is 13.8 Å². The lowest BCUT2D eigenvalue weighted by molar-refractivity contribution is -0.116. The first-order valence-electron chi connectivity index (χ1n) is 14.3. The van der Waals surface area contributed by atoms with E-state index in [2.05, 4.69) is 15.6 Å². The highest BCUT2D eigenvalue weighted by Crippen LogP contribution is 2.40. The minimum atomic E-state index is -1.27. The van der Waals surface area contributed by atoms with Crippen LogP contribution in [-0.2, 0) is 38.2 Å². The van der Waals surface area contributed by atoms with Crippen molar-refractivity contribution in [2.45, 2.75) is 50.3 Å². The smallest absolute Gasteiger partial charge is 0.413 e. The van der Waals surface area contributed by atoms with Gasteiger partial charge in [0.05, 0.1) is 23.1 Å². The summed E-state index contributed by atoms with van der Waals surface area (Å²) in [6.45, 7) is 8.02. The quantitative estimate of drug-likeness (QED) is 0.322. The topological polar surface area (TPSA) is 119 Å². The summed E-state index contributed by atoms with van der Waals surface area (Å²) in [6.07, 6.45) is 4.36. The molecule has 0 bridgehead atoms. The Balaban J connectivity index is 1.15. The maximum atomic E-state index is 13.1. The van der Waals surface area contributed by atoms with E-state index in [-0.39, 0.29) is 18.6 Å². The minimum absolute atomic E-state index is 0.263. The number of rotatable bonds is 8. The zero-order valence-electron chi connectivity index (χ0n) is 24.8. The van der Waals surface area contributed by atoms with Crippen molar-refractivity contribution in [2.75, 3.05) is 31.6 Å². The first-order valence-corrected chi connectivity index (χ1v) is 15.8. The van der Waals surface area contributed by atoms with Crippen LogP contribution < -0.4 is 15.4 Å². The molecule has 2 amide bonds. The van der Waals surface area contributed by atoms with E-state index in [4.69, 9.17) is 25.8 Å². The fourth-order valence-electron chi connectivity index (χ4n) is 4.72. The van der Waals surface area contributed by atoms with E-state index >= 15 is 0 Å². The summed E-state index contributed by atoms with van der Waals surface area (Å²) in [7, 11) is -1.27. The highest BCUT2D eigenvalue weighted by molar-refractivity contribution is 7.82. The van der Waals surface area contributed by atoms with Crippen LogP contribution in [-0.4, -0.2) is 63.5 Å². The molecule has 0 saturated carbocycles. The molecule has 3 aromatic rings. The van der Waals surface area contributed by atoms with Gasteiger partial charge >= 0.3 is 6.09 Å². The summed E-state index contributed by atoms with van der Waals surface area (Å²) < 4.78 is 31.6. The molecule has 1 fully saturated rings. The average molecular weight is 639 g/mol.